The van der Waals surface area contributed by atoms with Gasteiger partial charge in [-0.05, 0) is 52.1 Å². The summed E-state index contributed by atoms with van der Waals surface area (Å²) in [6, 6.07) is 4.02. The number of aryl methyl sites for hydroxylation is 1. The molecule has 2 aromatic rings. The van der Waals surface area contributed by atoms with Crippen LogP contribution in [0.4, 0.5) is 17.5 Å². The highest BCUT2D eigenvalue weighted by Gasteiger charge is 2.29. The van der Waals surface area contributed by atoms with Crippen molar-refractivity contribution in [1.29, 1.82) is 0 Å². The highest BCUT2D eigenvalue weighted by molar-refractivity contribution is 5.79. The van der Waals surface area contributed by atoms with E-state index >= 15 is 0 Å². The molecule has 2 aromatic heterocycles. The summed E-state index contributed by atoms with van der Waals surface area (Å²) in [5, 5.41) is 14.0. The maximum absolute atomic E-state index is 12.9. The third-order valence-electron chi connectivity index (χ3n) is 7.59. The summed E-state index contributed by atoms with van der Waals surface area (Å²) in [7, 11) is 2.16. The predicted molar refractivity (Wildman–Crippen MR) is 137 cm³/mol. The molecule has 10 heteroatoms. The van der Waals surface area contributed by atoms with Crippen molar-refractivity contribution in [2.24, 2.45) is 11.8 Å². The zero-order valence-electron chi connectivity index (χ0n) is 21.1. The van der Waals surface area contributed by atoms with E-state index in [4.69, 9.17) is 9.97 Å². The fraction of sp³-hybridized carbons (Fsp3) is 0.680. The van der Waals surface area contributed by atoms with E-state index in [-0.39, 0.29) is 5.92 Å². The Hall–Kier alpha value is -2.72. The molecule has 3 saturated heterocycles. The van der Waals surface area contributed by atoms with Crippen molar-refractivity contribution in [3.63, 3.8) is 0 Å². The number of hydrogen-bond donors (Lipinski definition) is 3. The molecule has 3 N–H and O–H groups in total. The second-order valence-electron chi connectivity index (χ2n) is 10.4. The van der Waals surface area contributed by atoms with Gasteiger partial charge in [-0.25, -0.2) is 9.97 Å². The number of nitrogens with one attached hydrogen (secondary N) is 3. The molecule has 10 nitrogen and oxygen atoms in total. The van der Waals surface area contributed by atoms with Gasteiger partial charge in [0.15, 0.2) is 5.82 Å². The van der Waals surface area contributed by atoms with E-state index in [0.717, 1.165) is 113 Å². The lowest BCUT2D eigenvalue weighted by molar-refractivity contribution is -0.137. The first-order chi connectivity index (χ1) is 17.0. The zero-order chi connectivity index (χ0) is 24.2. The minimum absolute atomic E-state index is 0.156. The van der Waals surface area contributed by atoms with Gasteiger partial charge >= 0.3 is 0 Å². The molecule has 0 spiro atoms. The highest BCUT2D eigenvalue weighted by Crippen LogP contribution is 2.26. The number of rotatable bonds is 6. The van der Waals surface area contributed by atoms with Crippen LogP contribution in [0.5, 0.6) is 0 Å². The summed E-state index contributed by atoms with van der Waals surface area (Å²) in [6.07, 6.45) is 4.97. The number of carbonyl (C=O) groups excluding carboxylic acids is 1. The Kier molecular flexibility index (Phi) is 7.48. The summed E-state index contributed by atoms with van der Waals surface area (Å²) < 4.78 is 0. The van der Waals surface area contributed by atoms with Crippen LogP contribution in [-0.2, 0) is 11.2 Å². The van der Waals surface area contributed by atoms with Crippen LogP contribution in [0.2, 0.25) is 0 Å². The molecule has 1 amide bonds. The lowest BCUT2D eigenvalue weighted by atomic mass is 9.91. The second-order valence-corrected chi connectivity index (χ2v) is 10.4. The number of H-pyrrole nitrogens is 1. The molecule has 5 heterocycles. The number of amides is 1. The van der Waals surface area contributed by atoms with Crippen LogP contribution >= 0.6 is 0 Å². The van der Waals surface area contributed by atoms with Crippen molar-refractivity contribution in [2.45, 2.75) is 39.0 Å². The molecule has 5 rings (SSSR count). The molecule has 0 unspecified atom stereocenters. The normalized spacial score (nSPS) is 22.4. The van der Waals surface area contributed by atoms with Gasteiger partial charge in [0.25, 0.3) is 0 Å². The van der Waals surface area contributed by atoms with Gasteiger partial charge in [0.2, 0.25) is 5.91 Å². The summed E-state index contributed by atoms with van der Waals surface area (Å²) in [5.41, 5.74) is 1.01. The predicted octanol–water partition coefficient (Wildman–Crippen LogP) is 1.78. The Morgan fingerprint density at radius 2 is 1.86 bits per heavy atom. The molecule has 1 atom stereocenters. The maximum Gasteiger partial charge on any atom is 0.226 e. The number of piperazine rings is 1. The topological polar surface area (TPSA) is 105 Å². The van der Waals surface area contributed by atoms with E-state index in [1.54, 1.807) is 0 Å². The van der Waals surface area contributed by atoms with Crippen LogP contribution in [-0.4, -0.2) is 95.3 Å². The number of aromatic nitrogens is 4. The van der Waals surface area contributed by atoms with E-state index in [9.17, 15) is 4.79 Å². The van der Waals surface area contributed by atoms with Crippen molar-refractivity contribution < 1.29 is 4.79 Å². The minimum atomic E-state index is 0.156. The molecule has 0 saturated carbocycles. The Labute approximate surface area is 207 Å². The molecule has 0 radical (unpaired) electrons. The monoisotopic (exact) mass is 481 g/mol. The number of likely N-dealkylation sites (tertiary alicyclic amines) is 1. The summed E-state index contributed by atoms with van der Waals surface area (Å²) in [6.45, 7) is 9.53. The van der Waals surface area contributed by atoms with Crippen LogP contribution in [0.3, 0.4) is 0 Å². The number of piperidine rings is 2. The van der Waals surface area contributed by atoms with Crippen molar-refractivity contribution in [2.75, 3.05) is 69.6 Å². The van der Waals surface area contributed by atoms with E-state index in [1.807, 2.05) is 19.1 Å². The molecular weight excluding hydrogens is 442 g/mol. The molecule has 0 aliphatic carbocycles. The standard InChI is InChI=1S/C25H39N9O/c1-18-14-23(31-30-18)28-22-16-24(33-12-10-32(2)11-13-33)29-21(27-22)15-19-5-8-34(9-6-19)25(35)20-4-3-7-26-17-20/h14,16,19-20,26H,3-13,15,17H2,1-2H3,(H2,27,28,29,30,31)/t20-/m0/s1. The average Bonchev–Trinajstić information content (AvgIpc) is 3.29. The number of aromatic amines is 1. The molecular formula is C25H39N9O. The zero-order valence-corrected chi connectivity index (χ0v) is 21.1. The number of hydrogen-bond acceptors (Lipinski definition) is 8. The van der Waals surface area contributed by atoms with Crippen LogP contribution in [0, 0.1) is 18.8 Å². The first-order valence-electron chi connectivity index (χ1n) is 13.1. The van der Waals surface area contributed by atoms with Crippen molar-refractivity contribution >= 4 is 23.4 Å². The third-order valence-corrected chi connectivity index (χ3v) is 7.59. The van der Waals surface area contributed by atoms with Crippen LogP contribution in [0.15, 0.2) is 12.1 Å². The molecule has 190 valence electrons. The van der Waals surface area contributed by atoms with Gasteiger partial charge in [-0.2, -0.15) is 5.10 Å². The van der Waals surface area contributed by atoms with Gasteiger partial charge in [-0.1, -0.05) is 0 Å². The minimum Gasteiger partial charge on any atom is -0.354 e. The van der Waals surface area contributed by atoms with Gasteiger partial charge in [0.1, 0.15) is 17.5 Å². The van der Waals surface area contributed by atoms with Crippen LogP contribution in [0.25, 0.3) is 0 Å². The number of carbonyl (C=O) groups is 1. The van der Waals surface area contributed by atoms with Crippen LogP contribution in [0.1, 0.15) is 37.2 Å². The van der Waals surface area contributed by atoms with E-state index < -0.39 is 0 Å². The molecule has 35 heavy (non-hydrogen) atoms. The SMILES string of the molecule is Cc1cc(Nc2cc(N3CCN(C)CC3)nc(CC3CCN(C(=O)[C@H]4CCCNC4)CC3)n2)n[nH]1. The fourth-order valence-electron chi connectivity index (χ4n) is 5.39. The van der Waals surface area contributed by atoms with Gasteiger partial charge in [0, 0.05) is 70.1 Å². The largest absolute Gasteiger partial charge is 0.354 e. The lowest BCUT2D eigenvalue weighted by Crippen LogP contribution is -2.46. The fourth-order valence-corrected chi connectivity index (χ4v) is 5.39. The quantitative estimate of drug-likeness (QED) is 0.574. The summed E-state index contributed by atoms with van der Waals surface area (Å²) in [5.74, 6) is 4.39. The van der Waals surface area contributed by atoms with Gasteiger partial charge in [0.05, 0.1) is 5.92 Å². The Morgan fingerprint density at radius 1 is 1.06 bits per heavy atom. The van der Waals surface area contributed by atoms with E-state index in [2.05, 4.69) is 42.6 Å². The number of likely N-dealkylation sites (N-methyl/N-ethyl adjacent to an activating group) is 1. The van der Waals surface area contributed by atoms with E-state index in [0.29, 0.717) is 11.8 Å². The number of anilines is 3. The lowest BCUT2D eigenvalue weighted by Gasteiger charge is -2.35. The van der Waals surface area contributed by atoms with Gasteiger partial charge in [-0.3, -0.25) is 9.89 Å². The molecule has 3 aliphatic heterocycles. The highest BCUT2D eigenvalue weighted by atomic mass is 16.2. The number of nitrogens with zero attached hydrogens (tertiary/aromatic N) is 6. The van der Waals surface area contributed by atoms with Crippen molar-refractivity contribution in [1.82, 2.24) is 35.3 Å². The molecule has 0 aromatic carbocycles. The first kappa shape index (κ1) is 24.0. The van der Waals surface area contributed by atoms with Crippen molar-refractivity contribution in [3.8, 4) is 0 Å². The van der Waals surface area contributed by atoms with Gasteiger partial charge in [-0.15, -0.1) is 0 Å². The van der Waals surface area contributed by atoms with E-state index in [1.165, 1.54) is 0 Å². The Bertz CT molecular complexity index is 987. The second kappa shape index (κ2) is 10.9. The molecule has 0 bridgehead atoms. The smallest absolute Gasteiger partial charge is 0.226 e. The third kappa shape index (κ3) is 6.10. The summed E-state index contributed by atoms with van der Waals surface area (Å²) >= 11 is 0. The summed E-state index contributed by atoms with van der Waals surface area (Å²) in [4.78, 5) is 29.6. The Morgan fingerprint density at radius 3 is 2.54 bits per heavy atom. The maximum atomic E-state index is 12.9. The molecule has 3 aliphatic rings. The van der Waals surface area contributed by atoms with Crippen LogP contribution < -0.4 is 15.5 Å². The molecule has 3 fully saturated rings. The average molecular weight is 482 g/mol. The van der Waals surface area contributed by atoms with Crippen molar-refractivity contribution in [3.05, 3.63) is 23.7 Å². The first-order valence-corrected chi connectivity index (χ1v) is 13.1. The van der Waals surface area contributed by atoms with Gasteiger partial charge < -0.3 is 25.3 Å². The Balaban J connectivity index is 1.25.